The Morgan fingerprint density at radius 1 is 0.411 bits per heavy atom. The summed E-state index contributed by atoms with van der Waals surface area (Å²) >= 11 is 0. The van der Waals surface area contributed by atoms with E-state index in [1.807, 2.05) is 0 Å². The average molecular weight is 1040 g/mol. The largest absolute Gasteiger partial charge is 0.472 e. The van der Waals surface area contributed by atoms with Crippen molar-refractivity contribution in [3.8, 4) is 0 Å². The highest BCUT2D eigenvalue weighted by Crippen LogP contribution is 2.43. The Morgan fingerprint density at radius 2 is 0.712 bits per heavy atom. The summed E-state index contributed by atoms with van der Waals surface area (Å²) in [5.74, 6) is -0.865. The van der Waals surface area contributed by atoms with Crippen LogP contribution in [0.15, 0.2) is 109 Å². The number of rotatable bonds is 54. The summed E-state index contributed by atoms with van der Waals surface area (Å²) in [6.45, 7) is 3.48. The van der Waals surface area contributed by atoms with Gasteiger partial charge in [0, 0.05) is 19.4 Å². The summed E-state index contributed by atoms with van der Waals surface area (Å²) in [6.07, 6.45) is 78.7. The molecule has 0 saturated carbocycles. The Bertz CT molecular complexity index is 1560. The zero-order chi connectivity index (χ0) is 53.1. The molecule has 2 atom stereocenters. The van der Waals surface area contributed by atoms with Crippen molar-refractivity contribution < 1.29 is 37.6 Å². The minimum Gasteiger partial charge on any atom is -0.462 e. The van der Waals surface area contributed by atoms with Gasteiger partial charge in [-0.05, 0) is 96.3 Å². The second kappa shape index (κ2) is 57.9. The quantitative estimate of drug-likeness (QED) is 0.0264. The molecule has 0 fully saturated rings. The molecule has 9 nitrogen and oxygen atoms in total. The van der Waals surface area contributed by atoms with E-state index in [9.17, 15) is 19.0 Å². The van der Waals surface area contributed by atoms with Crippen LogP contribution in [0.3, 0.4) is 0 Å². The first-order valence-electron chi connectivity index (χ1n) is 29.4. The molecule has 0 bridgehead atoms. The number of esters is 2. The molecule has 0 aromatic carbocycles. The molecule has 0 aliphatic rings. The molecular formula is C63H108NO8P. The van der Waals surface area contributed by atoms with Crippen LogP contribution in [-0.4, -0.2) is 49.3 Å². The zero-order valence-corrected chi connectivity index (χ0v) is 47.5. The molecule has 0 aromatic rings. The van der Waals surface area contributed by atoms with Gasteiger partial charge in [0.2, 0.25) is 0 Å². The number of carbonyl (C=O) groups is 2. The number of allylic oxidation sites excluding steroid dienone is 18. The molecule has 0 heterocycles. The van der Waals surface area contributed by atoms with Crippen LogP contribution in [-0.2, 0) is 32.7 Å². The van der Waals surface area contributed by atoms with Crippen LogP contribution in [0.25, 0.3) is 0 Å². The van der Waals surface area contributed by atoms with Crippen molar-refractivity contribution in [3.05, 3.63) is 109 Å². The van der Waals surface area contributed by atoms with E-state index < -0.39 is 32.5 Å². The van der Waals surface area contributed by atoms with E-state index in [1.165, 1.54) is 116 Å². The Hall–Kier alpha value is -3.33. The van der Waals surface area contributed by atoms with Crippen molar-refractivity contribution >= 4 is 19.8 Å². The Balaban J connectivity index is 3.93. The van der Waals surface area contributed by atoms with Gasteiger partial charge in [0.05, 0.1) is 13.2 Å². The fourth-order valence-electron chi connectivity index (χ4n) is 7.89. The molecule has 73 heavy (non-hydrogen) atoms. The summed E-state index contributed by atoms with van der Waals surface area (Å²) in [5.41, 5.74) is 5.38. The lowest BCUT2D eigenvalue weighted by atomic mass is 10.0. The number of phosphoric acid groups is 1. The van der Waals surface area contributed by atoms with Gasteiger partial charge in [-0.25, -0.2) is 4.57 Å². The number of nitrogens with two attached hydrogens (primary N) is 1. The summed E-state index contributed by atoms with van der Waals surface area (Å²) in [5, 5.41) is 0. The maximum atomic E-state index is 12.7. The van der Waals surface area contributed by atoms with E-state index in [1.54, 1.807) is 0 Å². The van der Waals surface area contributed by atoms with E-state index >= 15 is 0 Å². The fourth-order valence-corrected chi connectivity index (χ4v) is 8.65. The highest BCUT2D eigenvalue weighted by atomic mass is 31.2. The Kier molecular flexibility index (Phi) is 55.3. The number of phosphoric ester groups is 1. The lowest BCUT2D eigenvalue weighted by molar-refractivity contribution is -0.161. The van der Waals surface area contributed by atoms with Gasteiger partial charge in [-0.15, -0.1) is 0 Å². The van der Waals surface area contributed by atoms with Gasteiger partial charge >= 0.3 is 19.8 Å². The minimum absolute atomic E-state index is 0.0436. The molecule has 0 radical (unpaired) electrons. The summed E-state index contributed by atoms with van der Waals surface area (Å²) in [7, 11) is -4.40. The third-order valence-corrected chi connectivity index (χ3v) is 13.1. The maximum Gasteiger partial charge on any atom is 0.472 e. The van der Waals surface area contributed by atoms with E-state index in [0.717, 1.165) is 96.3 Å². The van der Waals surface area contributed by atoms with Gasteiger partial charge in [-0.3, -0.25) is 18.6 Å². The van der Waals surface area contributed by atoms with Crippen LogP contribution in [0.5, 0.6) is 0 Å². The monoisotopic (exact) mass is 1040 g/mol. The first kappa shape index (κ1) is 69.7. The lowest BCUT2D eigenvalue weighted by Crippen LogP contribution is -2.29. The second-order valence-electron chi connectivity index (χ2n) is 19.1. The van der Waals surface area contributed by atoms with Crippen molar-refractivity contribution in [2.24, 2.45) is 5.73 Å². The van der Waals surface area contributed by atoms with Crippen molar-refractivity contribution in [3.63, 3.8) is 0 Å². The van der Waals surface area contributed by atoms with Crippen LogP contribution in [0, 0.1) is 0 Å². The van der Waals surface area contributed by atoms with Crippen LogP contribution in [0.2, 0.25) is 0 Å². The zero-order valence-electron chi connectivity index (χ0n) is 46.6. The fraction of sp³-hybridized carbons (Fsp3) is 0.683. The Morgan fingerprint density at radius 3 is 1.07 bits per heavy atom. The van der Waals surface area contributed by atoms with Crippen molar-refractivity contribution in [1.29, 1.82) is 0 Å². The average Bonchev–Trinajstić information content (AvgIpc) is 3.38. The molecule has 0 amide bonds. The first-order chi connectivity index (χ1) is 35.8. The standard InChI is InChI=1S/C63H108NO8P/c1-3-5-7-9-11-13-15-17-19-21-23-24-25-26-27-28-29-30-31-32-33-34-35-36-38-39-41-43-45-47-49-51-53-55-62(65)69-59-61(60-71-73(67,68)70-58-57-64)72-63(66)56-54-52-50-48-46-44-42-40-37-22-20-18-16-14-12-10-8-6-4-2/h5-8,11-14,17-20,23-24,37,40,44,46,61H,3-4,9-10,15-16,21-22,25-36,38-39,41-43,45,47-60,64H2,1-2H3,(H,67,68)/b7-5-,8-6-,13-11-,14-12-,19-17-,20-18-,24-23-,40-37-,46-44-. The molecule has 10 heteroatoms. The summed E-state index contributed by atoms with van der Waals surface area (Å²) in [6, 6.07) is 0. The first-order valence-corrected chi connectivity index (χ1v) is 30.9. The summed E-state index contributed by atoms with van der Waals surface area (Å²) in [4.78, 5) is 35.2. The van der Waals surface area contributed by atoms with Crippen molar-refractivity contribution in [2.45, 2.75) is 251 Å². The summed E-state index contributed by atoms with van der Waals surface area (Å²) < 4.78 is 33.0. The maximum absolute atomic E-state index is 12.7. The van der Waals surface area contributed by atoms with Gasteiger partial charge in [0.1, 0.15) is 6.61 Å². The normalized spacial score (nSPS) is 13.9. The second-order valence-corrected chi connectivity index (χ2v) is 20.6. The molecule has 2 unspecified atom stereocenters. The van der Waals surface area contributed by atoms with Crippen molar-refractivity contribution in [1.82, 2.24) is 0 Å². The van der Waals surface area contributed by atoms with E-state index in [0.29, 0.717) is 6.42 Å². The third-order valence-electron chi connectivity index (χ3n) is 12.2. The van der Waals surface area contributed by atoms with E-state index in [4.69, 9.17) is 24.3 Å². The molecular weight excluding hydrogens is 930 g/mol. The molecule has 3 N–H and O–H groups in total. The molecule has 0 aliphatic heterocycles. The predicted molar refractivity (Wildman–Crippen MR) is 311 cm³/mol. The molecule has 418 valence electrons. The van der Waals surface area contributed by atoms with Crippen LogP contribution >= 0.6 is 7.82 Å². The van der Waals surface area contributed by atoms with Gasteiger partial charge in [-0.1, -0.05) is 245 Å². The number of ether oxygens (including phenoxy) is 2. The highest BCUT2D eigenvalue weighted by molar-refractivity contribution is 7.47. The molecule has 0 saturated heterocycles. The SMILES string of the molecule is CC/C=C\C/C=C\C/C=C\C/C=C\C/C=C\CCCCCC(=O)OC(COC(=O)CCCCCCCCCCCCCCCCCCCCCC/C=C\C/C=C\C/C=C\C/C=C\CC)COP(=O)(O)OCCN. The molecule has 0 spiro atoms. The smallest absolute Gasteiger partial charge is 0.462 e. The van der Waals surface area contributed by atoms with E-state index in [-0.39, 0.29) is 32.6 Å². The van der Waals surface area contributed by atoms with Crippen LogP contribution in [0.4, 0.5) is 0 Å². The van der Waals surface area contributed by atoms with Gasteiger partial charge in [0.15, 0.2) is 6.10 Å². The van der Waals surface area contributed by atoms with Crippen LogP contribution in [0.1, 0.15) is 245 Å². The topological polar surface area (TPSA) is 134 Å². The number of unbranched alkanes of at least 4 members (excludes halogenated alkanes) is 23. The van der Waals surface area contributed by atoms with E-state index in [2.05, 4.69) is 123 Å². The van der Waals surface area contributed by atoms with Gasteiger partial charge in [0.25, 0.3) is 0 Å². The highest BCUT2D eigenvalue weighted by Gasteiger charge is 2.26. The van der Waals surface area contributed by atoms with Crippen LogP contribution < -0.4 is 5.73 Å². The Labute approximate surface area is 448 Å². The number of hydrogen-bond donors (Lipinski definition) is 2. The molecule has 0 aromatic heterocycles. The number of hydrogen-bond acceptors (Lipinski definition) is 8. The third kappa shape index (κ3) is 57.8. The van der Waals surface area contributed by atoms with Crippen molar-refractivity contribution in [2.75, 3.05) is 26.4 Å². The van der Waals surface area contributed by atoms with Gasteiger partial charge < -0.3 is 20.1 Å². The lowest BCUT2D eigenvalue weighted by Gasteiger charge is -2.19. The molecule has 0 aliphatic carbocycles. The van der Waals surface area contributed by atoms with Gasteiger partial charge in [-0.2, -0.15) is 0 Å². The number of carbonyl (C=O) groups excluding carboxylic acids is 2. The molecule has 0 rings (SSSR count). The minimum atomic E-state index is -4.40. The predicted octanol–water partition coefficient (Wildman–Crippen LogP) is 18.6.